The van der Waals surface area contributed by atoms with Gasteiger partial charge < -0.3 is 10.0 Å². The summed E-state index contributed by atoms with van der Waals surface area (Å²) in [5.41, 5.74) is 2.01. The molecule has 4 atom stereocenters. The summed E-state index contributed by atoms with van der Waals surface area (Å²) in [6.45, 7) is 12.2. The van der Waals surface area contributed by atoms with Gasteiger partial charge in [-0.2, -0.15) is 0 Å². The van der Waals surface area contributed by atoms with E-state index in [-0.39, 0.29) is 17.5 Å². The van der Waals surface area contributed by atoms with Crippen molar-refractivity contribution in [3.8, 4) is 0 Å². The van der Waals surface area contributed by atoms with Crippen LogP contribution in [0.5, 0.6) is 0 Å². The second-order valence-corrected chi connectivity index (χ2v) is 12.4. The zero-order chi connectivity index (χ0) is 28.6. The lowest BCUT2D eigenvalue weighted by Gasteiger charge is -2.43. The molecule has 2 aromatic rings. The second kappa shape index (κ2) is 11.5. The van der Waals surface area contributed by atoms with Crippen molar-refractivity contribution in [3.63, 3.8) is 0 Å². The van der Waals surface area contributed by atoms with Gasteiger partial charge in [-0.25, -0.2) is 8.78 Å². The van der Waals surface area contributed by atoms with E-state index < -0.39 is 35.5 Å². The number of aliphatic carboxylic acids is 1. The van der Waals surface area contributed by atoms with E-state index in [1.54, 1.807) is 6.07 Å². The molecule has 4 rings (SSSR count). The molecule has 2 fully saturated rings. The molecule has 1 amide bonds. The first-order valence-corrected chi connectivity index (χ1v) is 13.9. The maximum Gasteiger partial charge on any atom is 0.321 e. The van der Waals surface area contributed by atoms with Gasteiger partial charge in [-0.05, 0) is 75.9 Å². The van der Waals surface area contributed by atoms with E-state index in [1.807, 2.05) is 35.8 Å². The minimum atomic E-state index is -0.903. The first-order chi connectivity index (χ1) is 18.3. The summed E-state index contributed by atoms with van der Waals surface area (Å²) in [5.74, 6) is -3.13. The number of rotatable bonds is 6. The fourth-order valence-electron chi connectivity index (χ4n) is 6.00. The summed E-state index contributed by atoms with van der Waals surface area (Å²) in [6.07, 6.45) is 0.341. The van der Waals surface area contributed by atoms with E-state index in [0.717, 1.165) is 17.2 Å². The Labute approximate surface area is 234 Å². The van der Waals surface area contributed by atoms with Crippen LogP contribution in [0.15, 0.2) is 36.4 Å². The molecule has 212 valence electrons. The number of aryl methyl sites for hydroxylation is 1. The molecule has 39 heavy (non-hydrogen) atoms. The van der Waals surface area contributed by atoms with Gasteiger partial charge in [-0.1, -0.05) is 23.7 Å². The number of nitrogens with zero attached hydrogens (tertiary/aromatic N) is 3. The summed E-state index contributed by atoms with van der Waals surface area (Å²) in [4.78, 5) is 32.2. The van der Waals surface area contributed by atoms with Crippen LogP contribution < -0.4 is 0 Å². The van der Waals surface area contributed by atoms with Gasteiger partial charge in [0.2, 0.25) is 5.91 Å². The maximum absolute atomic E-state index is 14.9. The molecule has 1 N–H and O–H groups in total. The molecule has 0 aliphatic carbocycles. The number of carbonyl (C=O) groups excluding carboxylic acids is 1. The Morgan fingerprint density at radius 3 is 2.38 bits per heavy atom. The molecule has 2 heterocycles. The molecule has 0 bridgehead atoms. The molecule has 2 aliphatic heterocycles. The Hall–Kier alpha value is -2.55. The summed E-state index contributed by atoms with van der Waals surface area (Å²) < 4.78 is 28.5. The van der Waals surface area contributed by atoms with Crippen LogP contribution in [0, 0.1) is 24.5 Å². The lowest BCUT2D eigenvalue weighted by molar-refractivity contribution is -0.147. The highest BCUT2D eigenvalue weighted by Crippen LogP contribution is 2.39. The van der Waals surface area contributed by atoms with E-state index in [1.165, 1.54) is 12.1 Å². The first kappa shape index (κ1) is 29.4. The minimum Gasteiger partial charge on any atom is -0.480 e. The third-order valence-corrected chi connectivity index (χ3v) is 8.57. The number of piperazine rings is 1. The summed E-state index contributed by atoms with van der Waals surface area (Å²) >= 11 is 6.08. The second-order valence-electron chi connectivity index (χ2n) is 12.0. The van der Waals surface area contributed by atoms with Crippen molar-refractivity contribution < 1.29 is 23.5 Å². The topological polar surface area (TPSA) is 64.1 Å². The lowest BCUT2D eigenvalue weighted by atomic mass is 9.87. The number of carboxylic acids is 1. The average molecular weight is 562 g/mol. The van der Waals surface area contributed by atoms with Gasteiger partial charge in [0.05, 0.1) is 5.92 Å². The van der Waals surface area contributed by atoms with Crippen LogP contribution in [0.4, 0.5) is 8.78 Å². The van der Waals surface area contributed by atoms with E-state index in [2.05, 4.69) is 25.7 Å². The van der Waals surface area contributed by atoms with Crippen LogP contribution in [-0.4, -0.2) is 82.0 Å². The molecule has 2 aromatic carbocycles. The number of carbonyl (C=O) groups is 2. The predicted octanol–water partition coefficient (Wildman–Crippen LogP) is 4.97. The number of likely N-dealkylation sites (tertiary alicyclic amines) is 1. The van der Waals surface area contributed by atoms with Crippen LogP contribution in [0.2, 0.25) is 5.02 Å². The van der Waals surface area contributed by atoms with Crippen molar-refractivity contribution in [3.05, 3.63) is 69.7 Å². The Kier molecular flexibility index (Phi) is 8.69. The van der Waals surface area contributed by atoms with Crippen LogP contribution in [0.25, 0.3) is 0 Å². The van der Waals surface area contributed by atoms with E-state index >= 15 is 0 Å². The molecule has 0 aromatic heterocycles. The van der Waals surface area contributed by atoms with Crippen molar-refractivity contribution in [1.29, 1.82) is 0 Å². The molecule has 0 saturated carbocycles. The molecule has 0 radical (unpaired) electrons. The van der Waals surface area contributed by atoms with Crippen molar-refractivity contribution in [2.24, 2.45) is 5.92 Å². The Morgan fingerprint density at radius 1 is 1.08 bits per heavy atom. The van der Waals surface area contributed by atoms with Crippen molar-refractivity contribution in [1.82, 2.24) is 14.7 Å². The zero-order valence-electron chi connectivity index (χ0n) is 23.3. The number of carboxylic acid groups (broad SMARTS) is 1. The van der Waals surface area contributed by atoms with Gasteiger partial charge in [0.15, 0.2) is 0 Å². The summed E-state index contributed by atoms with van der Waals surface area (Å²) in [5, 5.41) is 10.7. The highest BCUT2D eigenvalue weighted by atomic mass is 35.5. The Bertz CT molecular complexity index is 1230. The molecule has 6 nitrogen and oxygen atoms in total. The third kappa shape index (κ3) is 6.44. The Balaban J connectivity index is 1.52. The molecule has 2 aliphatic rings. The van der Waals surface area contributed by atoms with Gasteiger partial charge in [-0.3, -0.25) is 19.4 Å². The molecule has 0 unspecified atom stereocenters. The standard InChI is InChI=1S/C30H38ClF2N3O3/c1-18-12-21(31)7-6-20(18)13-27(29(38)39)34-10-11-36(19(2)15-34)28(37)25-17-35(30(3,4)5)16-24(25)23-9-8-22(32)14-26(23)33/h6-9,12,14,19,24-25,27H,10-11,13,15-17H2,1-5H3,(H,38,39)/t19-,24-,25+,27-/m0/s1. The van der Waals surface area contributed by atoms with Crippen molar-refractivity contribution in [2.75, 3.05) is 32.7 Å². The normalized spacial score (nSPS) is 23.7. The van der Waals surface area contributed by atoms with Crippen LogP contribution in [-0.2, 0) is 16.0 Å². The van der Waals surface area contributed by atoms with Gasteiger partial charge in [0.25, 0.3) is 0 Å². The van der Waals surface area contributed by atoms with Crippen LogP contribution in [0.1, 0.15) is 50.3 Å². The molecule has 0 spiro atoms. The SMILES string of the molecule is Cc1cc(Cl)ccc1C[C@@H](C(=O)O)N1CCN(C(=O)[C@@H]2CN(C(C)(C)C)C[C@H]2c2ccc(F)cc2F)[C@@H](C)C1. The lowest BCUT2D eigenvalue weighted by Crippen LogP contribution is -2.59. The quantitative estimate of drug-likeness (QED) is 0.539. The first-order valence-electron chi connectivity index (χ1n) is 13.5. The van der Waals surface area contributed by atoms with Gasteiger partial charge in [-0.15, -0.1) is 0 Å². The average Bonchev–Trinajstić information content (AvgIpc) is 3.29. The fraction of sp³-hybridized carbons (Fsp3) is 0.533. The number of hydrogen-bond acceptors (Lipinski definition) is 4. The van der Waals surface area contributed by atoms with E-state index in [0.29, 0.717) is 49.7 Å². The molecular formula is C30H38ClF2N3O3. The van der Waals surface area contributed by atoms with Crippen molar-refractivity contribution >= 4 is 23.5 Å². The van der Waals surface area contributed by atoms with Gasteiger partial charge in [0, 0.05) is 61.3 Å². The Morgan fingerprint density at radius 2 is 1.79 bits per heavy atom. The van der Waals surface area contributed by atoms with Crippen LogP contribution in [0.3, 0.4) is 0 Å². The molecular weight excluding hydrogens is 524 g/mol. The smallest absolute Gasteiger partial charge is 0.321 e. The number of hydrogen-bond donors (Lipinski definition) is 1. The zero-order valence-corrected chi connectivity index (χ0v) is 24.0. The number of amides is 1. The fourth-order valence-corrected chi connectivity index (χ4v) is 6.22. The molecule has 2 saturated heterocycles. The number of halogens is 3. The molecule has 9 heteroatoms. The minimum absolute atomic E-state index is 0.0666. The largest absolute Gasteiger partial charge is 0.480 e. The monoisotopic (exact) mass is 561 g/mol. The highest BCUT2D eigenvalue weighted by Gasteiger charge is 2.46. The van der Waals surface area contributed by atoms with E-state index in [9.17, 15) is 23.5 Å². The predicted molar refractivity (Wildman–Crippen MR) is 148 cm³/mol. The number of benzene rings is 2. The van der Waals surface area contributed by atoms with E-state index in [4.69, 9.17) is 11.6 Å². The maximum atomic E-state index is 14.9. The third-order valence-electron chi connectivity index (χ3n) is 8.33. The van der Waals surface area contributed by atoms with Crippen molar-refractivity contribution in [2.45, 2.75) is 64.6 Å². The van der Waals surface area contributed by atoms with Gasteiger partial charge in [0.1, 0.15) is 17.7 Å². The summed E-state index contributed by atoms with van der Waals surface area (Å²) in [7, 11) is 0. The van der Waals surface area contributed by atoms with Crippen LogP contribution >= 0.6 is 11.6 Å². The summed E-state index contributed by atoms with van der Waals surface area (Å²) in [6, 6.07) is 8.10. The highest BCUT2D eigenvalue weighted by molar-refractivity contribution is 6.30. The van der Waals surface area contributed by atoms with Gasteiger partial charge >= 0.3 is 5.97 Å².